The maximum absolute atomic E-state index is 13.2. The summed E-state index contributed by atoms with van der Waals surface area (Å²) in [5.74, 6) is 0.145. The van der Waals surface area contributed by atoms with Crippen molar-refractivity contribution < 1.29 is 22.8 Å². The Balaban J connectivity index is 1.15. The van der Waals surface area contributed by atoms with Crippen molar-refractivity contribution in [3.63, 3.8) is 0 Å². The molecule has 3 aromatic heterocycles. The van der Waals surface area contributed by atoms with E-state index in [1.165, 1.54) is 11.3 Å². The summed E-state index contributed by atoms with van der Waals surface area (Å²) >= 11 is 1.33. The van der Waals surface area contributed by atoms with Crippen molar-refractivity contribution in [3.8, 4) is 5.82 Å². The molecule has 1 aromatic carbocycles. The second kappa shape index (κ2) is 9.52. The van der Waals surface area contributed by atoms with Crippen LogP contribution in [0.1, 0.15) is 21.8 Å². The first kappa shape index (κ1) is 24.6. The van der Waals surface area contributed by atoms with Crippen molar-refractivity contribution >= 4 is 39.7 Å². The molecule has 0 bridgehead atoms. The van der Waals surface area contributed by atoms with E-state index < -0.39 is 11.7 Å². The number of carbonyl (C=O) groups excluding carboxylic acids is 2. The molecule has 0 radical (unpaired) electrons. The third-order valence-corrected chi connectivity index (χ3v) is 7.90. The number of piperazine rings is 1. The number of fused-ring (bicyclic) bond motifs is 1. The first-order valence-electron chi connectivity index (χ1n) is 12.2. The molecular formula is C26H23F3N6O2S. The number of amides is 2. The van der Waals surface area contributed by atoms with Gasteiger partial charge in [0.15, 0.2) is 5.01 Å². The Morgan fingerprint density at radius 1 is 1.00 bits per heavy atom. The molecule has 0 aliphatic carbocycles. The van der Waals surface area contributed by atoms with Gasteiger partial charge in [-0.25, -0.2) is 9.97 Å². The highest BCUT2D eigenvalue weighted by Crippen LogP contribution is 2.32. The maximum atomic E-state index is 13.2. The van der Waals surface area contributed by atoms with Crippen LogP contribution >= 0.6 is 11.3 Å². The fraction of sp³-hybridized carbons (Fsp3) is 0.308. The lowest BCUT2D eigenvalue weighted by Gasteiger charge is -2.37. The molecule has 4 aromatic rings. The van der Waals surface area contributed by atoms with E-state index >= 15 is 0 Å². The van der Waals surface area contributed by atoms with Crippen molar-refractivity contribution in [2.45, 2.75) is 18.6 Å². The monoisotopic (exact) mass is 540 g/mol. The molecule has 1 unspecified atom stereocenters. The van der Waals surface area contributed by atoms with Gasteiger partial charge in [-0.15, -0.1) is 11.3 Å². The third kappa shape index (κ3) is 4.54. The van der Waals surface area contributed by atoms with Crippen LogP contribution in [0.25, 0.3) is 16.7 Å². The molecule has 12 heteroatoms. The van der Waals surface area contributed by atoms with Crippen LogP contribution in [0.15, 0.2) is 60.4 Å². The molecule has 2 amide bonds. The number of thiazole rings is 1. The average Bonchev–Trinajstić information content (AvgIpc) is 3.68. The molecule has 0 saturated carbocycles. The predicted molar refractivity (Wildman–Crippen MR) is 136 cm³/mol. The molecule has 196 valence electrons. The quantitative estimate of drug-likeness (QED) is 0.390. The minimum Gasteiger partial charge on any atom is -0.334 e. The minimum atomic E-state index is -4.45. The number of hydrogen-bond acceptors (Lipinski definition) is 6. The van der Waals surface area contributed by atoms with Crippen molar-refractivity contribution in [2.24, 2.45) is 0 Å². The van der Waals surface area contributed by atoms with E-state index in [0.717, 1.165) is 29.4 Å². The van der Waals surface area contributed by atoms with Gasteiger partial charge in [-0.1, -0.05) is 0 Å². The van der Waals surface area contributed by atoms with Crippen LogP contribution in [-0.2, 0) is 11.0 Å². The molecule has 5 heterocycles. The molecule has 2 fully saturated rings. The lowest BCUT2D eigenvalue weighted by Crippen LogP contribution is -2.52. The number of alkyl halides is 3. The van der Waals surface area contributed by atoms with Crippen molar-refractivity contribution in [1.29, 1.82) is 0 Å². The van der Waals surface area contributed by atoms with E-state index in [4.69, 9.17) is 0 Å². The van der Waals surface area contributed by atoms with Crippen molar-refractivity contribution in [1.82, 2.24) is 24.3 Å². The van der Waals surface area contributed by atoms with Crippen LogP contribution in [-0.4, -0.2) is 74.9 Å². The highest BCUT2D eigenvalue weighted by atomic mass is 32.1. The molecule has 1 atom stereocenters. The molecule has 2 aliphatic rings. The summed E-state index contributed by atoms with van der Waals surface area (Å²) in [5, 5.41) is 3.08. The van der Waals surface area contributed by atoms with Gasteiger partial charge in [0, 0.05) is 80.2 Å². The Morgan fingerprint density at radius 3 is 2.55 bits per heavy atom. The van der Waals surface area contributed by atoms with Crippen LogP contribution < -0.4 is 4.90 Å². The molecule has 6 rings (SSSR count). The van der Waals surface area contributed by atoms with E-state index in [9.17, 15) is 22.8 Å². The van der Waals surface area contributed by atoms with Crippen molar-refractivity contribution in [2.75, 3.05) is 37.6 Å². The van der Waals surface area contributed by atoms with E-state index in [0.29, 0.717) is 49.7 Å². The summed E-state index contributed by atoms with van der Waals surface area (Å²) in [6.45, 7) is 3.10. The Bertz CT molecular complexity index is 1490. The zero-order valence-electron chi connectivity index (χ0n) is 20.1. The Hall–Kier alpha value is -3.77. The molecule has 38 heavy (non-hydrogen) atoms. The largest absolute Gasteiger partial charge is 0.416 e. The third-order valence-electron chi connectivity index (χ3n) is 7.14. The minimum absolute atomic E-state index is 0.0228. The standard InChI is InChI=1S/C26H23F3N6O2S/c27-26(28,29)18-3-5-30-22(14-18)34-7-4-17-13-19(1-2-21(17)34)35-16-20(15-23(35)36)32-8-10-33(11-9-32)25(37)24-31-6-12-38-24/h1-7,12-14,20H,8-11,15-16H2. The van der Waals surface area contributed by atoms with Gasteiger partial charge in [0.1, 0.15) is 5.82 Å². The zero-order valence-corrected chi connectivity index (χ0v) is 21.0. The summed E-state index contributed by atoms with van der Waals surface area (Å²) in [4.78, 5) is 39.6. The number of nitrogens with zero attached hydrogens (tertiary/aromatic N) is 6. The Morgan fingerprint density at radius 2 is 1.82 bits per heavy atom. The molecule has 2 saturated heterocycles. The molecular weight excluding hydrogens is 517 g/mol. The van der Waals surface area contributed by atoms with Crippen LogP contribution in [0.3, 0.4) is 0 Å². The first-order chi connectivity index (χ1) is 18.3. The molecule has 0 N–H and O–H groups in total. The van der Waals surface area contributed by atoms with Crippen molar-refractivity contribution in [3.05, 3.63) is 70.9 Å². The van der Waals surface area contributed by atoms with Gasteiger partial charge in [0.05, 0.1) is 11.1 Å². The fourth-order valence-electron chi connectivity index (χ4n) is 5.16. The molecule has 2 aliphatic heterocycles. The highest BCUT2D eigenvalue weighted by molar-refractivity contribution is 7.11. The maximum Gasteiger partial charge on any atom is 0.416 e. The number of aromatic nitrogens is 3. The Labute approximate surface area is 219 Å². The number of pyridine rings is 1. The number of benzene rings is 1. The van der Waals surface area contributed by atoms with Gasteiger partial charge in [0.25, 0.3) is 5.91 Å². The zero-order chi connectivity index (χ0) is 26.4. The number of rotatable bonds is 4. The smallest absolute Gasteiger partial charge is 0.334 e. The fourth-order valence-corrected chi connectivity index (χ4v) is 5.76. The van der Waals surface area contributed by atoms with Gasteiger partial charge in [-0.3, -0.25) is 14.5 Å². The molecule has 8 nitrogen and oxygen atoms in total. The highest BCUT2D eigenvalue weighted by Gasteiger charge is 2.36. The molecule has 0 spiro atoms. The van der Waals surface area contributed by atoms with Crippen LogP contribution in [0.2, 0.25) is 0 Å². The number of anilines is 1. The number of halogens is 3. The predicted octanol–water partition coefficient (Wildman–Crippen LogP) is 4.06. The van der Waals surface area contributed by atoms with Gasteiger partial charge in [-0.2, -0.15) is 13.2 Å². The summed E-state index contributed by atoms with van der Waals surface area (Å²) in [6, 6.07) is 9.32. The first-order valence-corrected chi connectivity index (χ1v) is 13.0. The summed E-state index contributed by atoms with van der Waals surface area (Å²) < 4.78 is 41.1. The lowest BCUT2D eigenvalue weighted by molar-refractivity contribution is -0.137. The summed E-state index contributed by atoms with van der Waals surface area (Å²) in [7, 11) is 0. The average molecular weight is 541 g/mol. The van der Waals surface area contributed by atoms with E-state index in [1.54, 1.807) is 39.4 Å². The summed E-state index contributed by atoms with van der Waals surface area (Å²) in [5.41, 5.74) is 0.685. The van der Waals surface area contributed by atoms with Crippen LogP contribution in [0, 0.1) is 0 Å². The van der Waals surface area contributed by atoms with Crippen LogP contribution in [0.5, 0.6) is 0 Å². The Kier molecular flexibility index (Phi) is 6.15. The van der Waals surface area contributed by atoms with Gasteiger partial charge < -0.3 is 14.4 Å². The normalized spacial score (nSPS) is 19.0. The lowest BCUT2D eigenvalue weighted by atomic mass is 10.2. The number of hydrogen-bond donors (Lipinski definition) is 0. The second-order valence-corrected chi connectivity index (χ2v) is 10.3. The van der Waals surface area contributed by atoms with Gasteiger partial charge in [-0.05, 0) is 36.4 Å². The SMILES string of the molecule is O=C(c1nccs1)N1CCN(C2CC(=O)N(c3ccc4c(ccn4-c4cc(C(F)(F)F)ccn4)c3)C2)CC1. The topological polar surface area (TPSA) is 74.6 Å². The van der Waals surface area contributed by atoms with Gasteiger partial charge >= 0.3 is 6.18 Å². The van der Waals surface area contributed by atoms with Crippen LogP contribution in [0.4, 0.5) is 18.9 Å². The second-order valence-electron chi connectivity index (χ2n) is 9.36. The summed E-state index contributed by atoms with van der Waals surface area (Å²) in [6.07, 6.45) is 0.396. The van der Waals surface area contributed by atoms with E-state index in [2.05, 4.69) is 14.9 Å². The van der Waals surface area contributed by atoms with E-state index in [1.807, 2.05) is 17.0 Å². The van der Waals surface area contributed by atoms with Gasteiger partial charge in [0.2, 0.25) is 5.91 Å². The number of carbonyl (C=O) groups is 2. The van der Waals surface area contributed by atoms with E-state index in [-0.39, 0.29) is 23.7 Å².